The standard InChI is InChI=1S/C20H17N3O2S/c1-2-15-11-17-19(26-15)21-12-23(20(17)25)22-18(24)10-14-8-5-7-13-6-3-4-9-16(13)14/h3-9,11-12H,2,10H2,1H3,(H,22,24). The van der Waals surface area contributed by atoms with E-state index in [1.54, 1.807) is 0 Å². The Morgan fingerprint density at radius 3 is 2.81 bits per heavy atom. The second-order valence-electron chi connectivity index (χ2n) is 6.05. The summed E-state index contributed by atoms with van der Waals surface area (Å²) in [6.45, 7) is 2.04. The first-order valence-electron chi connectivity index (χ1n) is 8.42. The number of hydrogen-bond acceptors (Lipinski definition) is 4. The molecular formula is C20H17N3O2S. The van der Waals surface area contributed by atoms with E-state index < -0.39 is 0 Å². The molecule has 5 nitrogen and oxygen atoms in total. The maximum Gasteiger partial charge on any atom is 0.280 e. The fourth-order valence-corrected chi connectivity index (χ4v) is 3.95. The van der Waals surface area contributed by atoms with Gasteiger partial charge in [-0.3, -0.25) is 15.0 Å². The molecule has 1 N–H and O–H groups in total. The van der Waals surface area contributed by atoms with Crippen LogP contribution >= 0.6 is 11.3 Å². The molecule has 0 fully saturated rings. The van der Waals surface area contributed by atoms with Crippen LogP contribution in [0.2, 0.25) is 0 Å². The van der Waals surface area contributed by atoms with Crippen LogP contribution < -0.4 is 11.0 Å². The molecule has 0 bridgehead atoms. The fourth-order valence-electron chi connectivity index (χ4n) is 3.02. The zero-order valence-electron chi connectivity index (χ0n) is 14.2. The van der Waals surface area contributed by atoms with Gasteiger partial charge in [0.1, 0.15) is 11.2 Å². The van der Waals surface area contributed by atoms with Gasteiger partial charge in [-0.05, 0) is 28.8 Å². The lowest BCUT2D eigenvalue weighted by atomic mass is 10.0. The first-order chi connectivity index (χ1) is 12.7. The maximum absolute atomic E-state index is 12.6. The van der Waals surface area contributed by atoms with Crippen molar-refractivity contribution in [3.63, 3.8) is 0 Å². The van der Waals surface area contributed by atoms with Gasteiger partial charge < -0.3 is 0 Å². The van der Waals surface area contributed by atoms with Crippen LogP contribution in [0.4, 0.5) is 0 Å². The lowest BCUT2D eigenvalue weighted by Crippen LogP contribution is -2.33. The van der Waals surface area contributed by atoms with E-state index in [0.717, 1.165) is 27.6 Å². The zero-order chi connectivity index (χ0) is 18.1. The first kappa shape index (κ1) is 16.5. The molecule has 26 heavy (non-hydrogen) atoms. The van der Waals surface area contributed by atoms with E-state index in [4.69, 9.17) is 0 Å². The highest BCUT2D eigenvalue weighted by molar-refractivity contribution is 7.18. The Balaban J connectivity index is 1.61. The van der Waals surface area contributed by atoms with Crippen LogP contribution in [0.15, 0.2) is 59.7 Å². The van der Waals surface area contributed by atoms with Crippen molar-refractivity contribution in [2.45, 2.75) is 19.8 Å². The summed E-state index contributed by atoms with van der Waals surface area (Å²) in [5.74, 6) is -0.254. The van der Waals surface area contributed by atoms with Crippen LogP contribution in [-0.2, 0) is 17.6 Å². The lowest BCUT2D eigenvalue weighted by Gasteiger charge is -2.09. The molecule has 0 aliphatic rings. The van der Waals surface area contributed by atoms with Crippen LogP contribution in [0, 0.1) is 0 Å². The van der Waals surface area contributed by atoms with Crippen LogP contribution in [0.3, 0.4) is 0 Å². The molecule has 130 valence electrons. The highest BCUT2D eigenvalue weighted by Crippen LogP contribution is 2.21. The van der Waals surface area contributed by atoms with E-state index in [1.807, 2.05) is 55.5 Å². The van der Waals surface area contributed by atoms with E-state index >= 15 is 0 Å². The van der Waals surface area contributed by atoms with Crippen LogP contribution in [0.1, 0.15) is 17.4 Å². The summed E-state index contributed by atoms with van der Waals surface area (Å²) in [7, 11) is 0. The molecular weight excluding hydrogens is 346 g/mol. The first-order valence-corrected chi connectivity index (χ1v) is 9.24. The van der Waals surface area contributed by atoms with Crippen molar-refractivity contribution in [3.05, 3.63) is 75.7 Å². The van der Waals surface area contributed by atoms with Crippen molar-refractivity contribution in [2.75, 3.05) is 5.43 Å². The largest absolute Gasteiger partial charge is 0.280 e. The predicted molar refractivity (Wildman–Crippen MR) is 105 cm³/mol. The average Bonchev–Trinajstić information content (AvgIpc) is 3.09. The SMILES string of the molecule is CCc1cc2c(=O)n(NC(=O)Cc3cccc4ccccc34)cnc2s1. The summed E-state index contributed by atoms with van der Waals surface area (Å²) in [4.78, 5) is 31.1. The van der Waals surface area contributed by atoms with E-state index in [0.29, 0.717) is 10.2 Å². The van der Waals surface area contributed by atoms with Gasteiger partial charge in [0.15, 0.2) is 0 Å². The smallest absolute Gasteiger partial charge is 0.273 e. The Labute approximate surface area is 153 Å². The number of aryl methyl sites for hydroxylation is 1. The van der Waals surface area contributed by atoms with Crippen molar-refractivity contribution in [3.8, 4) is 0 Å². The summed E-state index contributed by atoms with van der Waals surface area (Å²) in [6.07, 6.45) is 2.42. The molecule has 0 radical (unpaired) electrons. The molecule has 2 aromatic heterocycles. The highest BCUT2D eigenvalue weighted by atomic mass is 32.1. The van der Waals surface area contributed by atoms with Gasteiger partial charge in [-0.25, -0.2) is 9.66 Å². The molecule has 1 amide bonds. The molecule has 4 rings (SSSR count). The Bertz CT molecular complexity index is 1170. The second kappa shape index (κ2) is 6.72. The van der Waals surface area contributed by atoms with Crippen molar-refractivity contribution in [1.29, 1.82) is 0 Å². The minimum atomic E-state index is -0.254. The number of nitrogens with zero attached hydrogens (tertiary/aromatic N) is 2. The molecule has 0 aliphatic heterocycles. The third kappa shape index (κ3) is 2.99. The number of nitrogens with one attached hydrogen (secondary N) is 1. The quantitative estimate of drug-likeness (QED) is 0.604. The Kier molecular flexibility index (Phi) is 4.26. The van der Waals surface area contributed by atoms with Crippen molar-refractivity contribution in [1.82, 2.24) is 9.66 Å². The molecule has 2 heterocycles. The molecule has 0 atom stereocenters. The van der Waals surface area contributed by atoms with Gasteiger partial charge in [0.05, 0.1) is 11.8 Å². The average molecular weight is 363 g/mol. The maximum atomic E-state index is 12.6. The van der Waals surface area contributed by atoms with E-state index in [9.17, 15) is 9.59 Å². The summed E-state index contributed by atoms with van der Waals surface area (Å²) >= 11 is 1.51. The van der Waals surface area contributed by atoms with Gasteiger partial charge in [-0.2, -0.15) is 0 Å². The Morgan fingerprint density at radius 2 is 1.96 bits per heavy atom. The Morgan fingerprint density at radius 1 is 1.15 bits per heavy atom. The number of hydrogen-bond donors (Lipinski definition) is 1. The number of thiophene rings is 1. The molecule has 2 aromatic carbocycles. The van der Waals surface area contributed by atoms with Gasteiger partial charge >= 0.3 is 0 Å². The van der Waals surface area contributed by atoms with Crippen LogP contribution in [0.25, 0.3) is 21.0 Å². The number of carbonyl (C=O) groups excluding carboxylic acids is 1. The molecule has 0 aliphatic carbocycles. The van der Waals surface area contributed by atoms with Gasteiger partial charge in [-0.15, -0.1) is 11.3 Å². The van der Waals surface area contributed by atoms with Gasteiger partial charge in [0.2, 0.25) is 5.91 Å². The zero-order valence-corrected chi connectivity index (χ0v) is 15.0. The van der Waals surface area contributed by atoms with Crippen LogP contribution in [0.5, 0.6) is 0 Å². The van der Waals surface area contributed by atoms with Gasteiger partial charge in [-0.1, -0.05) is 49.4 Å². The molecule has 6 heteroatoms. The molecule has 4 aromatic rings. The molecule has 0 saturated heterocycles. The third-order valence-electron chi connectivity index (χ3n) is 4.33. The number of benzene rings is 2. The summed E-state index contributed by atoms with van der Waals surface area (Å²) < 4.78 is 1.17. The fraction of sp³-hybridized carbons (Fsp3) is 0.150. The minimum absolute atomic E-state index is 0.190. The number of carbonyl (C=O) groups is 1. The number of fused-ring (bicyclic) bond motifs is 2. The van der Waals surface area contributed by atoms with Crippen molar-refractivity contribution >= 4 is 38.2 Å². The third-order valence-corrected chi connectivity index (χ3v) is 5.52. The van der Waals surface area contributed by atoms with Gasteiger partial charge in [0, 0.05) is 4.88 Å². The van der Waals surface area contributed by atoms with Gasteiger partial charge in [0.25, 0.3) is 5.56 Å². The number of aromatic nitrogens is 2. The van der Waals surface area contributed by atoms with E-state index in [-0.39, 0.29) is 17.9 Å². The number of amides is 1. The lowest BCUT2D eigenvalue weighted by molar-refractivity contribution is -0.116. The minimum Gasteiger partial charge on any atom is -0.273 e. The Hall–Kier alpha value is -2.99. The predicted octanol–water partition coefficient (Wildman–Crippen LogP) is 3.49. The van der Waals surface area contributed by atoms with E-state index in [1.165, 1.54) is 22.3 Å². The molecule has 0 saturated carbocycles. The normalized spacial score (nSPS) is 11.1. The van der Waals surface area contributed by atoms with E-state index in [2.05, 4.69) is 10.4 Å². The highest BCUT2D eigenvalue weighted by Gasteiger charge is 2.11. The van der Waals surface area contributed by atoms with Crippen molar-refractivity contribution < 1.29 is 4.79 Å². The van der Waals surface area contributed by atoms with Crippen LogP contribution in [-0.4, -0.2) is 15.6 Å². The second-order valence-corrected chi connectivity index (χ2v) is 7.17. The summed E-state index contributed by atoms with van der Waals surface area (Å²) in [5.41, 5.74) is 3.32. The monoisotopic (exact) mass is 363 g/mol. The summed E-state index contributed by atoms with van der Waals surface area (Å²) in [6, 6.07) is 15.7. The van der Waals surface area contributed by atoms with Crippen molar-refractivity contribution in [2.24, 2.45) is 0 Å². The molecule has 0 spiro atoms. The molecule has 0 unspecified atom stereocenters. The topological polar surface area (TPSA) is 64.0 Å². The number of rotatable bonds is 4. The summed E-state index contributed by atoms with van der Waals surface area (Å²) in [5, 5.41) is 2.67.